The van der Waals surface area contributed by atoms with Gasteiger partial charge < -0.3 is 14.6 Å². The van der Waals surface area contributed by atoms with Gasteiger partial charge in [0, 0.05) is 26.1 Å². The largest absolute Gasteiger partial charge is 0.368 e. The van der Waals surface area contributed by atoms with Gasteiger partial charge in [-0.1, -0.05) is 6.07 Å². The van der Waals surface area contributed by atoms with Crippen molar-refractivity contribution >= 4 is 16.9 Å². The van der Waals surface area contributed by atoms with Gasteiger partial charge in [-0.15, -0.1) is 0 Å². The molecule has 23 heavy (non-hydrogen) atoms. The third-order valence-corrected chi connectivity index (χ3v) is 4.86. The molecule has 1 aliphatic carbocycles. The first-order chi connectivity index (χ1) is 11.2. The van der Waals surface area contributed by atoms with E-state index in [9.17, 15) is 4.79 Å². The van der Waals surface area contributed by atoms with E-state index < -0.39 is 0 Å². The van der Waals surface area contributed by atoms with Crippen molar-refractivity contribution in [3.63, 3.8) is 0 Å². The molecule has 1 N–H and O–H groups in total. The minimum atomic E-state index is -0.241. The third-order valence-electron chi connectivity index (χ3n) is 4.86. The molecule has 0 bridgehead atoms. The van der Waals surface area contributed by atoms with Crippen LogP contribution in [0.25, 0.3) is 11.0 Å². The number of carbonyl (C=O) groups is 1. The van der Waals surface area contributed by atoms with E-state index in [0.717, 1.165) is 24.8 Å². The quantitative estimate of drug-likeness (QED) is 0.921. The zero-order valence-corrected chi connectivity index (χ0v) is 13.5. The first kappa shape index (κ1) is 14.7. The summed E-state index contributed by atoms with van der Waals surface area (Å²) in [6, 6.07) is 6.43. The Morgan fingerprint density at radius 2 is 2.26 bits per heavy atom. The molecule has 4 rings (SSSR count). The molecule has 1 aromatic heterocycles. The van der Waals surface area contributed by atoms with Crippen LogP contribution in [0.1, 0.15) is 43.0 Å². The standard InChI is InChI=1S/C18H23N3O2/c1-21-15-7-4-12(11-14(15)20-17(21)13-5-6-13)8-9-19-18(22)16-3-2-10-23-16/h4,7,11,13,16H,2-3,5-6,8-10H2,1H3,(H,19,22). The SMILES string of the molecule is Cn1c(C2CC2)nc2cc(CCNC(=O)C3CCCO3)ccc21. The Bertz CT molecular complexity index is 727. The fourth-order valence-corrected chi connectivity index (χ4v) is 3.35. The number of carbonyl (C=O) groups excluding carboxylic acids is 1. The summed E-state index contributed by atoms with van der Waals surface area (Å²) < 4.78 is 7.61. The number of hydrogen-bond donors (Lipinski definition) is 1. The van der Waals surface area contributed by atoms with Crippen LogP contribution in [0.5, 0.6) is 0 Å². The van der Waals surface area contributed by atoms with Gasteiger partial charge >= 0.3 is 0 Å². The molecule has 2 heterocycles. The van der Waals surface area contributed by atoms with E-state index in [-0.39, 0.29) is 12.0 Å². The number of aromatic nitrogens is 2. The van der Waals surface area contributed by atoms with E-state index >= 15 is 0 Å². The van der Waals surface area contributed by atoms with Crippen molar-refractivity contribution in [2.75, 3.05) is 13.2 Å². The Labute approximate surface area is 136 Å². The Kier molecular flexibility index (Phi) is 3.81. The number of aryl methyl sites for hydroxylation is 1. The van der Waals surface area contributed by atoms with Gasteiger partial charge in [-0.3, -0.25) is 4.79 Å². The second kappa shape index (κ2) is 5.96. The molecule has 1 aromatic carbocycles. The summed E-state index contributed by atoms with van der Waals surface area (Å²) >= 11 is 0. The van der Waals surface area contributed by atoms with Crippen LogP contribution in [-0.4, -0.2) is 34.7 Å². The maximum Gasteiger partial charge on any atom is 0.249 e. The number of amides is 1. The van der Waals surface area contributed by atoms with Crippen molar-refractivity contribution in [2.24, 2.45) is 7.05 Å². The zero-order chi connectivity index (χ0) is 15.8. The third kappa shape index (κ3) is 2.98. The number of rotatable bonds is 5. The summed E-state index contributed by atoms with van der Waals surface area (Å²) in [4.78, 5) is 16.7. The highest BCUT2D eigenvalue weighted by Crippen LogP contribution is 2.40. The molecule has 1 unspecified atom stereocenters. The first-order valence-electron chi connectivity index (χ1n) is 8.57. The Morgan fingerprint density at radius 1 is 1.39 bits per heavy atom. The number of nitrogens with one attached hydrogen (secondary N) is 1. The fourth-order valence-electron chi connectivity index (χ4n) is 3.35. The van der Waals surface area contributed by atoms with Crippen molar-refractivity contribution < 1.29 is 9.53 Å². The lowest BCUT2D eigenvalue weighted by atomic mass is 10.1. The van der Waals surface area contributed by atoms with Crippen LogP contribution in [0.2, 0.25) is 0 Å². The van der Waals surface area contributed by atoms with Gasteiger partial charge in [0.2, 0.25) is 5.91 Å². The molecule has 2 aromatic rings. The molecule has 5 heteroatoms. The van der Waals surface area contributed by atoms with Crippen molar-refractivity contribution in [3.8, 4) is 0 Å². The maximum absolute atomic E-state index is 11.9. The van der Waals surface area contributed by atoms with Crippen LogP contribution in [0.3, 0.4) is 0 Å². The van der Waals surface area contributed by atoms with Gasteiger partial charge in [0.1, 0.15) is 11.9 Å². The first-order valence-corrected chi connectivity index (χ1v) is 8.57. The van der Waals surface area contributed by atoms with Crippen LogP contribution in [0, 0.1) is 0 Å². The maximum atomic E-state index is 11.9. The van der Waals surface area contributed by atoms with Crippen molar-refractivity contribution in [1.29, 1.82) is 0 Å². The minimum Gasteiger partial charge on any atom is -0.368 e. The van der Waals surface area contributed by atoms with Crippen LogP contribution < -0.4 is 5.32 Å². The second-order valence-corrected chi connectivity index (χ2v) is 6.67. The van der Waals surface area contributed by atoms with Gasteiger partial charge in [0.05, 0.1) is 11.0 Å². The highest BCUT2D eigenvalue weighted by molar-refractivity contribution is 5.81. The molecular weight excluding hydrogens is 290 g/mol. The number of hydrogen-bond acceptors (Lipinski definition) is 3. The van der Waals surface area contributed by atoms with E-state index in [4.69, 9.17) is 9.72 Å². The molecule has 0 spiro atoms. The van der Waals surface area contributed by atoms with Gasteiger partial charge in [0.15, 0.2) is 0 Å². The van der Waals surface area contributed by atoms with Crippen molar-refractivity contribution in [2.45, 2.75) is 44.1 Å². The smallest absolute Gasteiger partial charge is 0.249 e. The van der Waals surface area contributed by atoms with Crippen molar-refractivity contribution in [3.05, 3.63) is 29.6 Å². The molecular formula is C18H23N3O2. The van der Waals surface area contributed by atoms with Gasteiger partial charge in [0.25, 0.3) is 0 Å². The lowest BCUT2D eigenvalue weighted by Crippen LogP contribution is -2.35. The molecule has 2 fully saturated rings. The summed E-state index contributed by atoms with van der Waals surface area (Å²) in [5.74, 6) is 1.89. The van der Waals surface area contributed by atoms with Gasteiger partial charge in [-0.25, -0.2) is 4.98 Å². The lowest BCUT2D eigenvalue weighted by molar-refractivity contribution is -0.129. The number of ether oxygens (including phenoxy) is 1. The molecule has 2 aliphatic rings. The number of imidazole rings is 1. The van der Waals surface area contributed by atoms with Gasteiger partial charge in [-0.05, 0) is 49.8 Å². The van der Waals surface area contributed by atoms with Crippen LogP contribution >= 0.6 is 0 Å². The Morgan fingerprint density at radius 3 is 3.00 bits per heavy atom. The van der Waals surface area contributed by atoms with Crippen molar-refractivity contribution in [1.82, 2.24) is 14.9 Å². The average Bonchev–Trinajstić information content (AvgIpc) is 3.13. The Hall–Kier alpha value is -1.88. The summed E-state index contributed by atoms with van der Waals surface area (Å²) in [6.45, 7) is 1.35. The summed E-state index contributed by atoms with van der Waals surface area (Å²) in [5.41, 5.74) is 3.47. The van der Waals surface area contributed by atoms with E-state index in [2.05, 4.69) is 35.1 Å². The molecule has 1 aliphatic heterocycles. The molecule has 0 radical (unpaired) electrons. The molecule has 122 valence electrons. The van der Waals surface area contributed by atoms with Crippen LogP contribution in [0.4, 0.5) is 0 Å². The number of nitrogens with zero attached hydrogens (tertiary/aromatic N) is 2. The van der Waals surface area contributed by atoms with E-state index in [1.165, 1.54) is 29.7 Å². The predicted octanol–water partition coefficient (Wildman–Crippen LogP) is 2.29. The topological polar surface area (TPSA) is 56.2 Å². The van der Waals surface area contributed by atoms with Crippen LogP contribution in [-0.2, 0) is 23.0 Å². The van der Waals surface area contributed by atoms with E-state index in [1.54, 1.807) is 0 Å². The molecule has 1 atom stereocenters. The van der Waals surface area contributed by atoms with Crippen LogP contribution in [0.15, 0.2) is 18.2 Å². The fraction of sp³-hybridized carbons (Fsp3) is 0.556. The monoisotopic (exact) mass is 313 g/mol. The number of fused-ring (bicyclic) bond motifs is 1. The summed E-state index contributed by atoms with van der Waals surface area (Å²) in [5, 5.41) is 2.98. The predicted molar refractivity (Wildman–Crippen MR) is 88.4 cm³/mol. The molecule has 1 saturated heterocycles. The molecule has 1 amide bonds. The highest BCUT2D eigenvalue weighted by atomic mass is 16.5. The molecule has 1 saturated carbocycles. The van der Waals surface area contributed by atoms with E-state index in [0.29, 0.717) is 19.1 Å². The number of benzene rings is 1. The summed E-state index contributed by atoms with van der Waals surface area (Å²) in [7, 11) is 2.10. The van der Waals surface area contributed by atoms with Gasteiger partial charge in [-0.2, -0.15) is 0 Å². The lowest BCUT2D eigenvalue weighted by Gasteiger charge is -2.10. The zero-order valence-electron chi connectivity index (χ0n) is 13.5. The minimum absolute atomic E-state index is 0.0254. The summed E-state index contributed by atoms with van der Waals surface area (Å²) in [6.07, 6.45) is 4.94. The van der Waals surface area contributed by atoms with E-state index in [1.807, 2.05) is 0 Å². The average molecular weight is 313 g/mol. The highest BCUT2D eigenvalue weighted by Gasteiger charge is 2.28. The Balaban J connectivity index is 1.40. The second-order valence-electron chi connectivity index (χ2n) is 6.67. The molecule has 5 nitrogen and oxygen atoms in total. The normalized spacial score (nSPS) is 21.0.